The number of carboxylic acids is 1. The summed E-state index contributed by atoms with van der Waals surface area (Å²) in [6, 6.07) is 15.2. The third-order valence-corrected chi connectivity index (χ3v) is 6.67. The topological polar surface area (TPSA) is 105 Å². The predicted octanol–water partition coefficient (Wildman–Crippen LogP) is 3.25. The summed E-state index contributed by atoms with van der Waals surface area (Å²) in [5.74, 6) is -1.83. The number of nitrogens with one attached hydrogen (secondary N) is 1. The van der Waals surface area contributed by atoms with Gasteiger partial charge in [0.1, 0.15) is 6.61 Å². The molecule has 0 radical (unpaired) electrons. The first-order valence-corrected chi connectivity index (χ1v) is 11.6. The number of alkyl carbamates (subject to hydrolysis) is 1. The van der Waals surface area contributed by atoms with Gasteiger partial charge in [0.2, 0.25) is 5.91 Å². The number of nitrogens with zero attached hydrogens (tertiary/aromatic N) is 1. The van der Waals surface area contributed by atoms with Crippen LogP contribution in [-0.4, -0.2) is 66.4 Å². The first-order valence-electron chi connectivity index (χ1n) is 11.6. The fraction of sp³-hybridized carbons (Fsp3) is 0.423. The summed E-state index contributed by atoms with van der Waals surface area (Å²) in [6.45, 7) is 4.44. The number of hydrogen-bond acceptors (Lipinski definition) is 5. The molecule has 3 atom stereocenters. The molecule has 1 aliphatic carbocycles. The molecule has 4 rings (SSSR count). The van der Waals surface area contributed by atoms with Crippen molar-refractivity contribution in [2.45, 2.75) is 38.3 Å². The van der Waals surface area contributed by atoms with Crippen molar-refractivity contribution >= 4 is 18.0 Å². The van der Waals surface area contributed by atoms with Gasteiger partial charge < -0.3 is 24.8 Å². The van der Waals surface area contributed by atoms with E-state index < -0.39 is 30.1 Å². The van der Waals surface area contributed by atoms with Crippen molar-refractivity contribution in [3.05, 3.63) is 59.7 Å². The summed E-state index contributed by atoms with van der Waals surface area (Å²) in [5.41, 5.74) is 4.55. The lowest BCUT2D eigenvalue weighted by molar-refractivity contribution is -0.142. The van der Waals surface area contributed by atoms with E-state index in [1.807, 2.05) is 24.3 Å². The molecular weight excluding hydrogens is 436 g/mol. The van der Waals surface area contributed by atoms with Gasteiger partial charge in [-0.25, -0.2) is 4.79 Å². The van der Waals surface area contributed by atoms with Gasteiger partial charge in [0, 0.05) is 18.5 Å². The van der Waals surface area contributed by atoms with Crippen LogP contribution in [0.2, 0.25) is 0 Å². The van der Waals surface area contributed by atoms with E-state index in [0.717, 1.165) is 22.3 Å². The molecule has 0 spiro atoms. The van der Waals surface area contributed by atoms with E-state index in [-0.39, 0.29) is 38.1 Å². The van der Waals surface area contributed by atoms with Crippen LogP contribution in [0.15, 0.2) is 48.5 Å². The average Bonchev–Trinajstić information content (AvgIpc) is 3.40. The van der Waals surface area contributed by atoms with Crippen LogP contribution in [-0.2, 0) is 19.1 Å². The number of carbonyl (C=O) groups excluding carboxylic acids is 2. The number of carbonyl (C=O) groups is 3. The number of ether oxygens (including phenoxy) is 2. The average molecular weight is 467 g/mol. The van der Waals surface area contributed by atoms with Crippen molar-refractivity contribution in [3.8, 4) is 11.1 Å². The number of benzene rings is 2. The summed E-state index contributed by atoms with van der Waals surface area (Å²) < 4.78 is 11.1. The minimum absolute atomic E-state index is 0.0529. The third-order valence-electron chi connectivity index (χ3n) is 6.67. The van der Waals surface area contributed by atoms with Crippen LogP contribution in [0.4, 0.5) is 4.79 Å². The molecule has 0 bridgehead atoms. The highest BCUT2D eigenvalue weighted by Gasteiger charge is 2.39. The van der Waals surface area contributed by atoms with Crippen LogP contribution in [0.5, 0.6) is 0 Å². The summed E-state index contributed by atoms with van der Waals surface area (Å²) in [6.07, 6.45) is -0.741. The maximum Gasteiger partial charge on any atom is 0.407 e. The lowest BCUT2D eigenvalue weighted by Gasteiger charge is -2.31. The van der Waals surface area contributed by atoms with E-state index in [0.29, 0.717) is 6.54 Å². The van der Waals surface area contributed by atoms with Gasteiger partial charge in [-0.2, -0.15) is 0 Å². The Labute approximate surface area is 198 Å². The molecule has 34 heavy (non-hydrogen) atoms. The molecule has 0 aromatic heterocycles. The standard InChI is InChI=1S/C26H30N2O6/c1-3-28(16(2)12-24(29)30)25(31)22-13-33-15-23(22)27-26(32)34-14-21-19-10-6-4-8-17(19)18-9-5-7-11-20(18)21/h4-11,16,21-23H,3,12-15H2,1-2H3,(H,27,32)(H,29,30). The van der Waals surface area contributed by atoms with E-state index in [1.165, 1.54) is 4.90 Å². The van der Waals surface area contributed by atoms with E-state index in [9.17, 15) is 14.4 Å². The number of fused-ring (bicyclic) bond motifs is 3. The molecule has 2 N–H and O–H groups in total. The largest absolute Gasteiger partial charge is 0.481 e. The lowest BCUT2D eigenvalue weighted by atomic mass is 9.98. The molecule has 0 saturated carbocycles. The summed E-state index contributed by atoms with van der Waals surface area (Å²) in [7, 11) is 0. The number of aliphatic carboxylic acids is 1. The summed E-state index contributed by atoms with van der Waals surface area (Å²) in [4.78, 5) is 38.4. The number of hydrogen-bond donors (Lipinski definition) is 2. The van der Waals surface area contributed by atoms with Gasteiger partial charge in [-0.3, -0.25) is 9.59 Å². The Hall–Kier alpha value is -3.39. The monoisotopic (exact) mass is 466 g/mol. The third kappa shape index (κ3) is 4.77. The number of rotatable bonds is 8. The van der Waals surface area contributed by atoms with Crippen molar-refractivity contribution < 1.29 is 29.0 Å². The first-order chi connectivity index (χ1) is 16.4. The van der Waals surface area contributed by atoms with E-state index >= 15 is 0 Å². The Morgan fingerprint density at radius 1 is 1.09 bits per heavy atom. The van der Waals surface area contributed by atoms with Crippen molar-refractivity contribution in [1.82, 2.24) is 10.2 Å². The maximum absolute atomic E-state index is 13.1. The summed E-state index contributed by atoms with van der Waals surface area (Å²) >= 11 is 0. The smallest absolute Gasteiger partial charge is 0.407 e. The Morgan fingerprint density at radius 2 is 1.71 bits per heavy atom. The Balaban J connectivity index is 1.38. The zero-order valence-corrected chi connectivity index (χ0v) is 19.4. The second-order valence-electron chi connectivity index (χ2n) is 8.79. The molecule has 1 fully saturated rings. The fourth-order valence-electron chi connectivity index (χ4n) is 4.99. The lowest BCUT2D eigenvalue weighted by Crippen LogP contribution is -2.50. The molecule has 2 amide bonds. The first kappa shape index (κ1) is 23.8. The highest BCUT2D eigenvalue weighted by atomic mass is 16.5. The fourth-order valence-corrected chi connectivity index (χ4v) is 4.99. The molecule has 1 heterocycles. The summed E-state index contributed by atoms with van der Waals surface area (Å²) in [5, 5.41) is 11.9. The Kier molecular flexibility index (Phi) is 7.17. The number of amides is 2. The van der Waals surface area contributed by atoms with Gasteiger partial charge in [-0.1, -0.05) is 48.5 Å². The molecule has 8 nitrogen and oxygen atoms in total. The number of carboxylic acid groups (broad SMARTS) is 1. The van der Waals surface area contributed by atoms with Crippen molar-refractivity contribution in [2.75, 3.05) is 26.4 Å². The molecule has 8 heteroatoms. The van der Waals surface area contributed by atoms with Gasteiger partial charge in [0.25, 0.3) is 0 Å². The van der Waals surface area contributed by atoms with Crippen LogP contribution in [0.1, 0.15) is 37.3 Å². The normalized spacial score (nSPS) is 19.7. The van der Waals surface area contributed by atoms with Crippen molar-refractivity contribution in [2.24, 2.45) is 5.92 Å². The van der Waals surface area contributed by atoms with Crippen LogP contribution >= 0.6 is 0 Å². The van der Waals surface area contributed by atoms with E-state index in [1.54, 1.807) is 13.8 Å². The van der Waals surface area contributed by atoms with Gasteiger partial charge in [-0.15, -0.1) is 0 Å². The van der Waals surface area contributed by atoms with Gasteiger partial charge in [0.05, 0.1) is 31.6 Å². The molecule has 3 unspecified atom stereocenters. The quantitative estimate of drug-likeness (QED) is 0.619. The molecule has 1 aliphatic heterocycles. The van der Waals surface area contributed by atoms with Crippen LogP contribution in [0.25, 0.3) is 11.1 Å². The second kappa shape index (κ2) is 10.3. The zero-order valence-electron chi connectivity index (χ0n) is 19.4. The highest BCUT2D eigenvalue weighted by molar-refractivity contribution is 5.82. The van der Waals surface area contributed by atoms with Crippen molar-refractivity contribution in [3.63, 3.8) is 0 Å². The van der Waals surface area contributed by atoms with Crippen molar-refractivity contribution in [1.29, 1.82) is 0 Å². The highest BCUT2D eigenvalue weighted by Crippen LogP contribution is 2.44. The molecule has 2 aliphatic rings. The second-order valence-corrected chi connectivity index (χ2v) is 8.79. The predicted molar refractivity (Wildman–Crippen MR) is 125 cm³/mol. The van der Waals surface area contributed by atoms with Crippen LogP contribution in [0.3, 0.4) is 0 Å². The molecule has 180 valence electrons. The van der Waals surface area contributed by atoms with E-state index in [2.05, 4.69) is 29.6 Å². The molecule has 2 aromatic carbocycles. The van der Waals surface area contributed by atoms with Gasteiger partial charge in [0.15, 0.2) is 0 Å². The van der Waals surface area contributed by atoms with E-state index in [4.69, 9.17) is 14.6 Å². The van der Waals surface area contributed by atoms with Gasteiger partial charge in [-0.05, 0) is 36.1 Å². The minimum atomic E-state index is -0.963. The minimum Gasteiger partial charge on any atom is -0.481 e. The zero-order chi connectivity index (χ0) is 24.2. The maximum atomic E-state index is 13.1. The van der Waals surface area contributed by atoms with Crippen LogP contribution in [0, 0.1) is 5.92 Å². The Morgan fingerprint density at radius 3 is 2.29 bits per heavy atom. The van der Waals surface area contributed by atoms with Crippen LogP contribution < -0.4 is 5.32 Å². The molecular formula is C26H30N2O6. The molecule has 2 aromatic rings. The Bertz CT molecular complexity index is 1030. The SMILES string of the molecule is CCN(C(=O)C1COCC1NC(=O)OCC1c2ccccc2-c2ccccc21)C(C)CC(=O)O. The molecule has 1 saturated heterocycles. The van der Waals surface area contributed by atoms with Gasteiger partial charge >= 0.3 is 12.1 Å².